The van der Waals surface area contributed by atoms with E-state index in [9.17, 15) is 0 Å². The third-order valence-corrected chi connectivity index (χ3v) is 5.35. The monoisotopic (exact) mass is 398 g/mol. The number of benzene rings is 3. The Kier molecular flexibility index (Phi) is 5.84. The number of para-hydroxylation sites is 2. The second kappa shape index (κ2) is 8.87. The molecule has 0 bridgehead atoms. The highest BCUT2D eigenvalue weighted by Gasteiger charge is 2.09. The van der Waals surface area contributed by atoms with Gasteiger partial charge in [-0.15, -0.1) is 0 Å². The molecule has 0 unspecified atom stereocenters. The van der Waals surface area contributed by atoms with Crippen LogP contribution in [0.5, 0.6) is 11.5 Å². The van der Waals surface area contributed by atoms with Crippen molar-refractivity contribution in [1.29, 1.82) is 0 Å². The number of fused-ring (bicyclic) bond motifs is 1. The van der Waals surface area contributed by atoms with E-state index in [4.69, 9.17) is 14.5 Å². The molecule has 4 aromatic rings. The molecule has 30 heavy (non-hydrogen) atoms. The minimum Gasteiger partial charge on any atom is -0.497 e. The molecule has 0 fully saturated rings. The average Bonchev–Trinajstić information content (AvgIpc) is 3.13. The zero-order valence-corrected chi connectivity index (χ0v) is 17.6. The Bertz CT molecular complexity index is 1170. The number of aryl methyl sites for hydroxylation is 1. The molecule has 0 aliphatic heterocycles. The number of ether oxygens (including phenoxy) is 2. The van der Waals surface area contributed by atoms with E-state index in [1.165, 1.54) is 11.1 Å². The largest absolute Gasteiger partial charge is 0.497 e. The quantitative estimate of drug-likeness (QED) is 0.388. The molecule has 0 aliphatic carbocycles. The summed E-state index contributed by atoms with van der Waals surface area (Å²) < 4.78 is 13.5. The van der Waals surface area contributed by atoms with E-state index >= 15 is 0 Å². The van der Waals surface area contributed by atoms with Gasteiger partial charge in [0.15, 0.2) is 0 Å². The highest BCUT2D eigenvalue weighted by atomic mass is 16.5. The molecule has 0 spiro atoms. The van der Waals surface area contributed by atoms with Gasteiger partial charge < -0.3 is 14.0 Å². The molecular formula is C26H26N2O2. The Morgan fingerprint density at radius 3 is 2.50 bits per heavy atom. The third kappa shape index (κ3) is 4.23. The van der Waals surface area contributed by atoms with Gasteiger partial charge in [-0.05, 0) is 66.9 Å². The smallest absolute Gasteiger partial charge is 0.133 e. The fraction of sp³-hybridized carbons (Fsp3) is 0.192. The van der Waals surface area contributed by atoms with Crippen LogP contribution in [0.15, 0.2) is 66.7 Å². The van der Waals surface area contributed by atoms with Crippen molar-refractivity contribution in [3.8, 4) is 11.5 Å². The lowest BCUT2D eigenvalue weighted by Crippen LogP contribution is -2.10. The van der Waals surface area contributed by atoms with Crippen LogP contribution in [0.3, 0.4) is 0 Å². The molecule has 0 amide bonds. The Labute approximate surface area is 177 Å². The van der Waals surface area contributed by atoms with E-state index in [2.05, 4.69) is 42.7 Å². The highest BCUT2D eigenvalue weighted by molar-refractivity contribution is 5.79. The van der Waals surface area contributed by atoms with Gasteiger partial charge in [-0.25, -0.2) is 4.98 Å². The summed E-state index contributed by atoms with van der Waals surface area (Å²) >= 11 is 0. The number of rotatable bonds is 7. The van der Waals surface area contributed by atoms with Crippen molar-refractivity contribution in [2.75, 3.05) is 13.7 Å². The van der Waals surface area contributed by atoms with Crippen LogP contribution in [0.1, 0.15) is 22.5 Å². The van der Waals surface area contributed by atoms with Gasteiger partial charge in [-0.2, -0.15) is 0 Å². The summed E-state index contributed by atoms with van der Waals surface area (Å²) in [5, 5.41) is 0. The molecule has 1 heterocycles. The Hall–Kier alpha value is -3.53. The van der Waals surface area contributed by atoms with E-state index < -0.39 is 0 Å². The highest BCUT2D eigenvalue weighted by Crippen LogP contribution is 2.22. The summed E-state index contributed by atoms with van der Waals surface area (Å²) in [7, 11) is 1.67. The van der Waals surface area contributed by atoms with Gasteiger partial charge in [0.1, 0.15) is 23.9 Å². The molecule has 0 saturated carbocycles. The standard InChI is InChI=1S/C26H26N2O2/c1-19-7-6-10-25(20(19)2)30-18-17-28-24-9-5-4-8-23(24)27-26(28)16-13-21-11-14-22(29-3)15-12-21/h4-16H,17-18H2,1-3H3/b16-13+. The van der Waals surface area contributed by atoms with Crippen LogP contribution in [0.2, 0.25) is 0 Å². The van der Waals surface area contributed by atoms with Crippen LogP contribution in [-0.2, 0) is 6.54 Å². The van der Waals surface area contributed by atoms with Crippen molar-refractivity contribution in [3.63, 3.8) is 0 Å². The first-order valence-corrected chi connectivity index (χ1v) is 10.1. The van der Waals surface area contributed by atoms with Crippen molar-refractivity contribution in [2.24, 2.45) is 0 Å². The summed E-state index contributed by atoms with van der Waals surface area (Å²) in [4.78, 5) is 4.81. The van der Waals surface area contributed by atoms with E-state index in [1.54, 1.807) is 7.11 Å². The summed E-state index contributed by atoms with van der Waals surface area (Å²) in [6, 6.07) is 22.4. The minimum absolute atomic E-state index is 0.577. The zero-order valence-electron chi connectivity index (χ0n) is 17.6. The van der Waals surface area contributed by atoms with Gasteiger partial charge in [0, 0.05) is 0 Å². The normalized spacial score (nSPS) is 11.3. The van der Waals surface area contributed by atoms with Crippen LogP contribution in [0, 0.1) is 13.8 Å². The predicted octanol–water partition coefficient (Wildman–Crippen LogP) is 5.91. The van der Waals surface area contributed by atoms with Crippen LogP contribution in [-0.4, -0.2) is 23.3 Å². The molecule has 4 rings (SSSR count). The van der Waals surface area contributed by atoms with Gasteiger partial charge in [-0.3, -0.25) is 0 Å². The van der Waals surface area contributed by atoms with Gasteiger partial charge in [0.2, 0.25) is 0 Å². The van der Waals surface area contributed by atoms with Crippen molar-refractivity contribution in [2.45, 2.75) is 20.4 Å². The molecule has 3 aromatic carbocycles. The third-order valence-electron chi connectivity index (χ3n) is 5.35. The van der Waals surface area contributed by atoms with Crippen molar-refractivity contribution in [3.05, 3.63) is 89.2 Å². The second-order valence-electron chi connectivity index (χ2n) is 7.26. The molecule has 0 aliphatic rings. The predicted molar refractivity (Wildman–Crippen MR) is 123 cm³/mol. The maximum Gasteiger partial charge on any atom is 0.133 e. The molecular weight excluding hydrogens is 372 g/mol. The molecule has 1 aromatic heterocycles. The van der Waals surface area contributed by atoms with Crippen LogP contribution < -0.4 is 9.47 Å². The number of hydrogen-bond donors (Lipinski definition) is 0. The number of nitrogens with zero attached hydrogens (tertiary/aromatic N) is 2. The summed E-state index contributed by atoms with van der Waals surface area (Å²) in [5.74, 6) is 2.70. The van der Waals surface area contributed by atoms with Crippen LogP contribution in [0.4, 0.5) is 0 Å². The molecule has 0 radical (unpaired) electrons. The maximum atomic E-state index is 6.10. The van der Waals surface area contributed by atoms with Gasteiger partial charge in [0.05, 0.1) is 24.7 Å². The summed E-state index contributed by atoms with van der Waals surface area (Å²) in [6.07, 6.45) is 4.13. The number of methoxy groups -OCH3 is 1. The second-order valence-corrected chi connectivity index (χ2v) is 7.26. The minimum atomic E-state index is 0.577. The average molecular weight is 399 g/mol. The summed E-state index contributed by atoms with van der Waals surface area (Å²) in [5.41, 5.74) is 5.62. The first kappa shape index (κ1) is 19.8. The zero-order chi connectivity index (χ0) is 20.9. The van der Waals surface area contributed by atoms with Gasteiger partial charge in [-0.1, -0.05) is 42.5 Å². The number of hydrogen-bond acceptors (Lipinski definition) is 3. The molecule has 0 saturated heterocycles. The lowest BCUT2D eigenvalue weighted by Gasteiger charge is -2.12. The lowest BCUT2D eigenvalue weighted by molar-refractivity contribution is 0.297. The van der Waals surface area contributed by atoms with E-state index in [1.807, 2.05) is 54.6 Å². The molecule has 4 heteroatoms. The Morgan fingerprint density at radius 1 is 0.900 bits per heavy atom. The first-order valence-electron chi connectivity index (χ1n) is 10.1. The van der Waals surface area contributed by atoms with Crippen LogP contribution in [0.25, 0.3) is 23.2 Å². The van der Waals surface area contributed by atoms with Gasteiger partial charge in [0.25, 0.3) is 0 Å². The van der Waals surface area contributed by atoms with E-state index in [-0.39, 0.29) is 0 Å². The SMILES string of the molecule is COc1ccc(/C=C/c2nc3ccccc3n2CCOc2cccc(C)c2C)cc1. The molecule has 152 valence electrons. The maximum absolute atomic E-state index is 6.10. The van der Waals surface area contributed by atoms with Crippen molar-refractivity contribution < 1.29 is 9.47 Å². The Balaban J connectivity index is 1.56. The van der Waals surface area contributed by atoms with Gasteiger partial charge >= 0.3 is 0 Å². The van der Waals surface area contributed by atoms with Crippen molar-refractivity contribution >= 4 is 23.2 Å². The number of imidazole rings is 1. The topological polar surface area (TPSA) is 36.3 Å². The van der Waals surface area contributed by atoms with E-state index in [0.29, 0.717) is 6.61 Å². The molecule has 0 atom stereocenters. The molecule has 4 nitrogen and oxygen atoms in total. The number of aromatic nitrogens is 2. The lowest BCUT2D eigenvalue weighted by atomic mass is 10.1. The fourth-order valence-electron chi connectivity index (χ4n) is 3.47. The van der Waals surface area contributed by atoms with Crippen LogP contribution >= 0.6 is 0 Å². The Morgan fingerprint density at radius 2 is 1.70 bits per heavy atom. The molecule has 0 N–H and O–H groups in total. The van der Waals surface area contributed by atoms with Crippen molar-refractivity contribution in [1.82, 2.24) is 9.55 Å². The first-order chi connectivity index (χ1) is 14.7. The van der Waals surface area contributed by atoms with E-state index in [0.717, 1.165) is 40.5 Å². The fourth-order valence-corrected chi connectivity index (χ4v) is 3.47. The summed E-state index contributed by atoms with van der Waals surface area (Å²) in [6.45, 7) is 5.50.